The van der Waals surface area contributed by atoms with Crippen molar-refractivity contribution in [3.63, 3.8) is 0 Å². The minimum Gasteiger partial charge on any atom is -0.366 e. The first-order valence-electron chi connectivity index (χ1n) is 6.10. The van der Waals surface area contributed by atoms with Crippen LogP contribution in [0.1, 0.15) is 39.3 Å². The van der Waals surface area contributed by atoms with Gasteiger partial charge in [0.15, 0.2) is 5.82 Å². The van der Waals surface area contributed by atoms with Crippen LogP contribution in [-0.4, -0.2) is 16.0 Å². The largest absolute Gasteiger partial charge is 0.366 e. The summed E-state index contributed by atoms with van der Waals surface area (Å²) >= 11 is 0. The number of hydrogen-bond donors (Lipinski definition) is 1. The van der Waals surface area contributed by atoms with Gasteiger partial charge in [0, 0.05) is 23.3 Å². The van der Waals surface area contributed by atoms with Gasteiger partial charge >= 0.3 is 0 Å². The van der Waals surface area contributed by atoms with E-state index in [4.69, 9.17) is 0 Å². The highest BCUT2D eigenvalue weighted by atomic mass is 15.0. The zero-order chi connectivity index (χ0) is 12.4. The topological polar surface area (TPSA) is 37.8 Å². The van der Waals surface area contributed by atoms with Gasteiger partial charge in [0.1, 0.15) is 5.52 Å². The predicted octanol–water partition coefficient (Wildman–Crippen LogP) is 3.57. The summed E-state index contributed by atoms with van der Waals surface area (Å²) in [5, 5.41) is 4.52. The quantitative estimate of drug-likeness (QED) is 0.874. The second-order valence-electron chi connectivity index (χ2n) is 4.92. The highest BCUT2D eigenvalue weighted by Gasteiger charge is 2.09. The van der Waals surface area contributed by atoms with E-state index in [1.807, 2.05) is 12.3 Å². The molecule has 0 atom stereocenters. The summed E-state index contributed by atoms with van der Waals surface area (Å²) in [6.45, 7) is 8.53. The molecule has 0 fully saturated rings. The van der Waals surface area contributed by atoms with Crippen molar-refractivity contribution >= 4 is 16.7 Å². The minimum absolute atomic E-state index is 0.357. The monoisotopic (exact) mass is 229 g/mol. The van der Waals surface area contributed by atoms with Crippen LogP contribution in [0.15, 0.2) is 24.4 Å². The Morgan fingerprint density at radius 3 is 2.59 bits per heavy atom. The lowest BCUT2D eigenvalue weighted by Gasteiger charge is -2.14. The number of hydrogen-bond acceptors (Lipinski definition) is 3. The third-order valence-electron chi connectivity index (χ3n) is 2.62. The summed E-state index contributed by atoms with van der Waals surface area (Å²) in [4.78, 5) is 9.08. The minimum atomic E-state index is 0.357. The molecule has 90 valence electrons. The Morgan fingerprint density at radius 1 is 1.18 bits per heavy atom. The predicted molar refractivity (Wildman–Crippen MR) is 72.4 cm³/mol. The number of nitrogens with one attached hydrogen (secondary N) is 1. The third kappa shape index (κ3) is 2.54. The van der Waals surface area contributed by atoms with Crippen molar-refractivity contribution in [2.45, 2.75) is 39.7 Å². The Kier molecular flexibility index (Phi) is 3.27. The highest BCUT2D eigenvalue weighted by Crippen LogP contribution is 2.24. The Hall–Kier alpha value is -1.64. The standard InChI is InChI=1S/C14H19N3/c1-9(2)12-8-11-6-5-7-15-13(11)14(17-12)16-10(3)4/h5-10H,1-4H3,(H,16,17). The molecule has 2 aromatic rings. The zero-order valence-corrected chi connectivity index (χ0v) is 10.9. The molecule has 3 heteroatoms. The van der Waals surface area contributed by atoms with E-state index in [0.717, 1.165) is 22.4 Å². The third-order valence-corrected chi connectivity index (χ3v) is 2.62. The van der Waals surface area contributed by atoms with Gasteiger partial charge in [-0.3, -0.25) is 4.98 Å². The van der Waals surface area contributed by atoms with Crippen LogP contribution in [-0.2, 0) is 0 Å². The van der Waals surface area contributed by atoms with E-state index >= 15 is 0 Å². The molecule has 3 nitrogen and oxygen atoms in total. The maximum atomic E-state index is 4.67. The molecule has 1 N–H and O–H groups in total. The van der Waals surface area contributed by atoms with Gasteiger partial charge in [-0.05, 0) is 31.9 Å². The van der Waals surface area contributed by atoms with Crippen molar-refractivity contribution in [1.29, 1.82) is 0 Å². The van der Waals surface area contributed by atoms with Gasteiger partial charge in [-0.1, -0.05) is 19.9 Å². The van der Waals surface area contributed by atoms with Crippen LogP contribution < -0.4 is 5.32 Å². The fourth-order valence-corrected chi connectivity index (χ4v) is 1.78. The molecular weight excluding hydrogens is 210 g/mol. The maximum absolute atomic E-state index is 4.67. The van der Waals surface area contributed by atoms with Crippen molar-refractivity contribution in [1.82, 2.24) is 9.97 Å². The summed E-state index contributed by atoms with van der Waals surface area (Å²) in [6.07, 6.45) is 1.81. The van der Waals surface area contributed by atoms with E-state index in [1.165, 1.54) is 0 Å². The molecule has 0 unspecified atom stereocenters. The Balaban J connectivity index is 2.60. The molecule has 0 aliphatic rings. The van der Waals surface area contributed by atoms with Crippen molar-refractivity contribution < 1.29 is 0 Å². The van der Waals surface area contributed by atoms with Crippen LogP contribution in [0.25, 0.3) is 10.9 Å². The summed E-state index contributed by atoms with van der Waals surface area (Å²) < 4.78 is 0. The van der Waals surface area contributed by atoms with Crippen LogP contribution in [0, 0.1) is 0 Å². The van der Waals surface area contributed by atoms with Crippen LogP contribution in [0.2, 0.25) is 0 Å². The van der Waals surface area contributed by atoms with Gasteiger partial charge in [0.2, 0.25) is 0 Å². The van der Waals surface area contributed by atoms with Gasteiger partial charge in [-0.25, -0.2) is 4.98 Å². The average molecular weight is 229 g/mol. The summed E-state index contributed by atoms with van der Waals surface area (Å²) in [5.74, 6) is 1.31. The molecule has 0 aromatic carbocycles. The van der Waals surface area contributed by atoms with E-state index in [0.29, 0.717) is 12.0 Å². The lowest BCUT2D eigenvalue weighted by atomic mass is 10.1. The smallest absolute Gasteiger partial charge is 0.153 e. The Bertz CT molecular complexity index is 518. The summed E-state index contributed by atoms with van der Waals surface area (Å²) in [7, 11) is 0. The zero-order valence-electron chi connectivity index (χ0n) is 10.9. The maximum Gasteiger partial charge on any atom is 0.153 e. The number of fused-ring (bicyclic) bond motifs is 1. The normalized spacial score (nSPS) is 11.4. The van der Waals surface area contributed by atoms with Crippen molar-refractivity contribution in [3.05, 3.63) is 30.1 Å². The molecule has 0 aliphatic heterocycles. The van der Waals surface area contributed by atoms with E-state index in [1.54, 1.807) is 0 Å². The molecule has 0 bridgehead atoms. The first-order chi connectivity index (χ1) is 8.08. The van der Waals surface area contributed by atoms with Crippen molar-refractivity contribution in [3.8, 4) is 0 Å². The molecule has 2 rings (SSSR count). The average Bonchev–Trinajstić information content (AvgIpc) is 2.28. The molecule has 0 amide bonds. The molecule has 0 radical (unpaired) electrons. The molecular formula is C14H19N3. The fourth-order valence-electron chi connectivity index (χ4n) is 1.78. The number of aromatic nitrogens is 2. The first-order valence-corrected chi connectivity index (χ1v) is 6.10. The van der Waals surface area contributed by atoms with E-state index in [2.05, 4.69) is 55.1 Å². The number of nitrogens with zero attached hydrogens (tertiary/aromatic N) is 2. The summed E-state index contributed by atoms with van der Waals surface area (Å²) in [5.41, 5.74) is 2.05. The molecule has 17 heavy (non-hydrogen) atoms. The van der Waals surface area contributed by atoms with Gasteiger partial charge < -0.3 is 5.32 Å². The molecule has 0 saturated carbocycles. The fraction of sp³-hybridized carbons (Fsp3) is 0.429. The van der Waals surface area contributed by atoms with Gasteiger partial charge in [0.05, 0.1) is 0 Å². The molecule has 2 heterocycles. The van der Waals surface area contributed by atoms with Crippen LogP contribution in [0.5, 0.6) is 0 Å². The first kappa shape index (κ1) is 11.8. The number of pyridine rings is 2. The molecule has 0 saturated heterocycles. The van der Waals surface area contributed by atoms with E-state index in [-0.39, 0.29) is 0 Å². The second kappa shape index (κ2) is 4.70. The lowest BCUT2D eigenvalue weighted by Crippen LogP contribution is -2.12. The number of anilines is 1. The SMILES string of the molecule is CC(C)Nc1nc(C(C)C)cc2cccnc12. The van der Waals surface area contributed by atoms with Crippen LogP contribution >= 0.6 is 0 Å². The molecule has 2 aromatic heterocycles. The summed E-state index contributed by atoms with van der Waals surface area (Å²) in [6, 6.07) is 6.53. The van der Waals surface area contributed by atoms with Crippen LogP contribution in [0.4, 0.5) is 5.82 Å². The van der Waals surface area contributed by atoms with Gasteiger partial charge in [0.25, 0.3) is 0 Å². The van der Waals surface area contributed by atoms with Crippen molar-refractivity contribution in [2.75, 3.05) is 5.32 Å². The second-order valence-corrected chi connectivity index (χ2v) is 4.92. The molecule has 0 spiro atoms. The van der Waals surface area contributed by atoms with Crippen molar-refractivity contribution in [2.24, 2.45) is 0 Å². The van der Waals surface area contributed by atoms with Crippen LogP contribution in [0.3, 0.4) is 0 Å². The Morgan fingerprint density at radius 2 is 1.94 bits per heavy atom. The molecule has 0 aliphatic carbocycles. The van der Waals surface area contributed by atoms with E-state index < -0.39 is 0 Å². The highest BCUT2D eigenvalue weighted by molar-refractivity contribution is 5.88. The number of rotatable bonds is 3. The lowest BCUT2D eigenvalue weighted by molar-refractivity contribution is 0.817. The van der Waals surface area contributed by atoms with E-state index in [9.17, 15) is 0 Å². The van der Waals surface area contributed by atoms with Gasteiger partial charge in [-0.2, -0.15) is 0 Å². The Labute approximate surface area is 102 Å². The van der Waals surface area contributed by atoms with Gasteiger partial charge in [-0.15, -0.1) is 0 Å².